The molecule has 1 fully saturated rings. The van der Waals surface area contributed by atoms with Gasteiger partial charge in [-0.15, -0.1) is 0 Å². The first kappa shape index (κ1) is 28.8. The summed E-state index contributed by atoms with van der Waals surface area (Å²) in [6.07, 6.45) is -2.21. The summed E-state index contributed by atoms with van der Waals surface area (Å²) >= 11 is 3.04. The van der Waals surface area contributed by atoms with Crippen molar-refractivity contribution in [2.45, 2.75) is 100 Å². The van der Waals surface area contributed by atoms with Gasteiger partial charge < -0.3 is 18.7 Å². The third kappa shape index (κ3) is 5.54. The van der Waals surface area contributed by atoms with E-state index in [4.69, 9.17) is 13.6 Å². The van der Waals surface area contributed by atoms with Gasteiger partial charge in [0.25, 0.3) is 10.4 Å². The number of hydrogen-bond donors (Lipinski definition) is 1. The zero-order valence-corrected chi connectivity index (χ0v) is 25.2. The molecule has 1 N–H and O–H groups in total. The van der Waals surface area contributed by atoms with Crippen LogP contribution in [0.2, 0.25) is 36.3 Å². The van der Waals surface area contributed by atoms with Gasteiger partial charge in [-0.3, -0.25) is 4.79 Å². The molecule has 188 valence electrons. The maximum atomic E-state index is 16.5. The fraction of sp³-hybridized carbons (Fsp3) is 0.708. The zero-order chi connectivity index (χ0) is 25.7. The fourth-order valence-corrected chi connectivity index (χ4v) is 6.20. The van der Waals surface area contributed by atoms with Gasteiger partial charge in [-0.2, -0.15) is 0 Å². The molecule has 0 aliphatic carbocycles. The van der Waals surface area contributed by atoms with Crippen molar-refractivity contribution in [3.8, 4) is 0 Å². The third-order valence-electron chi connectivity index (χ3n) is 7.45. The van der Waals surface area contributed by atoms with Gasteiger partial charge in [-0.25, -0.2) is 4.39 Å². The van der Waals surface area contributed by atoms with Gasteiger partial charge in [-0.05, 0) is 52.2 Å². The van der Waals surface area contributed by atoms with Crippen molar-refractivity contribution in [3.63, 3.8) is 0 Å². The number of halogens is 2. The van der Waals surface area contributed by atoms with E-state index in [0.29, 0.717) is 0 Å². The SMILES string of the molecule is CC(C)(C)[Si](C)(C)OC[C@H]1OC(O)(C(=O)c2ccccc2)[C@](F)(Br)[C@@H]1O[Si](C)(C)C(C)(C)C. The van der Waals surface area contributed by atoms with Crippen LogP contribution in [-0.4, -0.2) is 56.7 Å². The number of ketones is 1. The van der Waals surface area contributed by atoms with Crippen LogP contribution in [0.3, 0.4) is 0 Å². The Hall–Kier alpha value is -0.426. The summed E-state index contributed by atoms with van der Waals surface area (Å²) < 4.78 is 32.4. The molecule has 4 atom stereocenters. The lowest BCUT2D eigenvalue weighted by molar-refractivity contribution is -0.186. The zero-order valence-electron chi connectivity index (χ0n) is 21.6. The Morgan fingerprint density at radius 1 is 1.06 bits per heavy atom. The van der Waals surface area contributed by atoms with Crippen molar-refractivity contribution >= 4 is 38.3 Å². The molecule has 1 saturated heterocycles. The fourth-order valence-electron chi connectivity index (χ4n) is 3.05. The van der Waals surface area contributed by atoms with Gasteiger partial charge in [0.1, 0.15) is 12.2 Å². The van der Waals surface area contributed by atoms with Gasteiger partial charge in [0.05, 0.1) is 6.61 Å². The number of rotatable bonds is 7. The Morgan fingerprint density at radius 2 is 1.55 bits per heavy atom. The topological polar surface area (TPSA) is 65.0 Å². The molecular formula is C24H40BrFO5Si2. The minimum Gasteiger partial charge on any atom is -0.414 e. The lowest BCUT2D eigenvalue weighted by atomic mass is 9.97. The lowest BCUT2D eigenvalue weighted by Gasteiger charge is -2.42. The molecule has 1 aliphatic heterocycles. The maximum absolute atomic E-state index is 16.5. The summed E-state index contributed by atoms with van der Waals surface area (Å²) in [5.74, 6) is -3.62. The first-order valence-corrected chi connectivity index (χ1v) is 18.0. The second-order valence-corrected chi connectivity index (χ2v) is 22.7. The Kier molecular flexibility index (Phi) is 8.05. The maximum Gasteiger partial charge on any atom is 0.280 e. The van der Waals surface area contributed by atoms with E-state index in [2.05, 4.69) is 49.8 Å². The molecule has 0 bridgehead atoms. The van der Waals surface area contributed by atoms with E-state index in [1.54, 1.807) is 18.2 Å². The first-order valence-electron chi connectivity index (χ1n) is 11.4. The molecule has 0 aromatic heterocycles. The summed E-state index contributed by atoms with van der Waals surface area (Å²) in [4.78, 5) is 13.3. The van der Waals surface area contributed by atoms with Gasteiger partial charge in [0.15, 0.2) is 16.6 Å². The highest BCUT2D eigenvalue weighted by molar-refractivity contribution is 9.10. The van der Waals surface area contributed by atoms with Crippen molar-refractivity contribution in [2.75, 3.05) is 6.61 Å². The molecular weight excluding hydrogens is 523 g/mol. The molecule has 1 aromatic carbocycles. The summed E-state index contributed by atoms with van der Waals surface area (Å²) in [5, 5.41) is 11.1. The minimum absolute atomic E-state index is 0.0113. The van der Waals surface area contributed by atoms with Crippen molar-refractivity contribution in [3.05, 3.63) is 35.9 Å². The molecule has 1 unspecified atom stereocenters. The van der Waals surface area contributed by atoms with Gasteiger partial charge in [0, 0.05) is 5.56 Å². The summed E-state index contributed by atoms with van der Waals surface area (Å²) in [7, 11) is -4.71. The second kappa shape index (κ2) is 9.22. The van der Waals surface area contributed by atoms with E-state index in [0.717, 1.165) is 0 Å². The lowest BCUT2D eigenvalue weighted by Crippen LogP contribution is -2.57. The van der Waals surface area contributed by atoms with E-state index < -0.39 is 45.0 Å². The second-order valence-electron chi connectivity index (χ2n) is 12.0. The third-order valence-corrected chi connectivity index (χ3v) is 17.4. The largest absolute Gasteiger partial charge is 0.414 e. The Bertz CT molecular complexity index is 849. The Labute approximate surface area is 208 Å². The molecule has 0 amide bonds. The molecule has 0 spiro atoms. The first-order chi connectivity index (χ1) is 14.7. The molecule has 1 heterocycles. The molecule has 2 rings (SSSR count). The van der Waals surface area contributed by atoms with Gasteiger partial charge >= 0.3 is 0 Å². The number of benzene rings is 1. The Balaban J connectivity index is 2.48. The average molecular weight is 564 g/mol. The molecule has 33 heavy (non-hydrogen) atoms. The summed E-state index contributed by atoms with van der Waals surface area (Å²) in [6, 6.07) is 8.10. The Morgan fingerprint density at radius 3 is 2.00 bits per heavy atom. The van der Waals surface area contributed by atoms with Gasteiger partial charge in [-0.1, -0.05) is 71.9 Å². The highest BCUT2D eigenvalue weighted by Gasteiger charge is 2.71. The molecule has 1 aromatic rings. The number of carbonyl (C=O) groups excluding carboxylic acids is 1. The number of ether oxygens (including phenoxy) is 1. The quantitative estimate of drug-likeness (QED) is 0.235. The predicted molar refractivity (Wildman–Crippen MR) is 139 cm³/mol. The highest BCUT2D eigenvalue weighted by Crippen LogP contribution is 2.52. The number of aliphatic hydroxyl groups is 1. The van der Waals surface area contributed by atoms with Crippen molar-refractivity contribution in [2.24, 2.45) is 0 Å². The van der Waals surface area contributed by atoms with E-state index in [9.17, 15) is 9.90 Å². The van der Waals surface area contributed by atoms with Crippen LogP contribution < -0.4 is 0 Å². The monoisotopic (exact) mass is 562 g/mol. The smallest absolute Gasteiger partial charge is 0.280 e. The van der Waals surface area contributed by atoms with Crippen molar-refractivity contribution < 1.29 is 27.9 Å². The number of Topliss-reactive ketones (excluding diaryl/α,β-unsaturated/α-hetero) is 1. The summed E-state index contributed by atoms with van der Waals surface area (Å²) in [5.41, 5.74) is 0.151. The minimum atomic E-state index is -2.76. The van der Waals surface area contributed by atoms with Crippen LogP contribution in [0.1, 0.15) is 51.9 Å². The molecule has 5 nitrogen and oxygen atoms in total. The van der Waals surface area contributed by atoms with E-state index in [-0.39, 0.29) is 22.2 Å². The summed E-state index contributed by atoms with van der Waals surface area (Å²) in [6.45, 7) is 20.6. The van der Waals surface area contributed by atoms with Crippen LogP contribution in [0, 0.1) is 0 Å². The van der Waals surface area contributed by atoms with Crippen LogP contribution >= 0.6 is 15.9 Å². The van der Waals surface area contributed by atoms with E-state index in [1.807, 2.05) is 33.9 Å². The van der Waals surface area contributed by atoms with Crippen LogP contribution in [0.4, 0.5) is 4.39 Å². The highest BCUT2D eigenvalue weighted by atomic mass is 79.9. The normalized spacial score (nSPS) is 29.4. The van der Waals surface area contributed by atoms with Crippen molar-refractivity contribution in [1.29, 1.82) is 0 Å². The number of alkyl halides is 2. The predicted octanol–water partition coefficient (Wildman–Crippen LogP) is 6.43. The molecule has 1 aliphatic rings. The average Bonchev–Trinajstić information content (AvgIpc) is 2.85. The number of carbonyl (C=O) groups is 1. The number of hydrogen-bond acceptors (Lipinski definition) is 5. The molecule has 0 radical (unpaired) electrons. The van der Waals surface area contributed by atoms with Crippen LogP contribution in [-0.2, 0) is 13.6 Å². The van der Waals surface area contributed by atoms with Crippen LogP contribution in [0.15, 0.2) is 30.3 Å². The van der Waals surface area contributed by atoms with Crippen LogP contribution in [0.25, 0.3) is 0 Å². The van der Waals surface area contributed by atoms with Gasteiger partial charge in [0.2, 0.25) is 5.78 Å². The van der Waals surface area contributed by atoms with E-state index in [1.165, 1.54) is 12.1 Å². The standard InChI is InChI=1S/C24H40BrFO5Si2/c1-21(2,3)32(7,8)29-16-18-20(31-33(9,10)22(4,5)6)23(25,26)24(28,30-18)19(27)17-14-12-11-13-15-17/h11-15,18,20,28H,16H2,1-10H3/t18-,20-,23+,24?/m1/s1. The van der Waals surface area contributed by atoms with E-state index >= 15 is 4.39 Å². The molecule has 0 saturated carbocycles. The van der Waals surface area contributed by atoms with Crippen molar-refractivity contribution in [1.82, 2.24) is 0 Å². The molecule has 9 heteroatoms. The van der Waals surface area contributed by atoms with Crippen LogP contribution in [0.5, 0.6) is 0 Å².